The van der Waals surface area contributed by atoms with E-state index in [-0.39, 0.29) is 5.82 Å². The number of fused-ring (bicyclic) bond motifs is 1. The lowest BCUT2D eigenvalue weighted by molar-refractivity contribution is 0.134. The quantitative estimate of drug-likeness (QED) is 0.715. The molecule has 2 heterocycles. The molecule has 4 nitrogen and oxygen atoms in total. The molecule has 1 aliphatic heterocycles. The Balaban J connectivity index is 1.25. The number of piperazine rings is 1. The Morgan fingerprint density at radius 1 is 0.929 bits per heavy atom. The summed E-state index contributed by atoms with van der Waals surface area (Å²) < 4.78 is 13.0. The highest BCUT2D eigenvalue weighted by atomic mass is 19.1. The van der Waals surface area contributed by atoms with Crippen LogP contribution in [0.5, 0.6) is 0 Å². The molecule has 144 valence electrons. The molecule has 1 N–H and O–H groups in total. The third kappa shape index (κ3) is 4.41. The molecule has 28 heavy (non-hydrogen) atoms. The van der Waals surface area contributed by atoms with Crippen LogP contribution in [0.3, 0.4) is 0 Å². The van der Waals surface area contributed by atoms with Crippen LogP contribution in [0.4, 0.5) is 4.39 Å². The Bertz CT molecular complexity index is 962. The summed E-state index contributed by atoms with van der Waals surface area (Å²) in [6, 6.07) is 14.9. The second-order valence-corrected chi connectivity index (χ2v) is 7.50. The molecule has 0 saturated carbocycles. The second kappa shape index (κ2) is 8.55. The van der Waals surface area contributed by atoms with Crippen LogP contribution in [0.2, 0.25) is 0 Å². The normalized spacial score (nSPS) is 15.7. The molecular weight excluding hydrogens is 351 g/mol. The Morgan fingerprint density at radius 3 is 2.29 bits per heavy atom. The molecule has 0 spiro atoms. The maximum Gasteiger partial charge on any atom is 0.123 e. The van der Waals surface area contributed by atoms with E-state index < -0.39 is 0 Å². The molecule has 0 radical (unpaired) electrons. The van der Waals surface area contributed by atoms with Crippen molar-refractivity contribution in [2.45, 2.75) is 12.8 Å². The minimum absolute atomic E-state index is 0.170. The lowest BCUT2D eigenvalue weighted by Crippen LogP contribution is -2.47. The fourth-order valence-electron chi connectivity index (χ4n) is 3.91. The Labute approximate surface area is 165 Å². The van der Waals surface area contributed by atoms with Crippen LogP contribution in [0.15, 0.2) is 48.7 Å². The van der Waals surface area contributed by atoms with Gasteiger partial charge in [-0.1, -0.05) is 12.1 Å². The fraction of sp³-hybridized carbons (Fsp3) is 0.348. The summed E-state index contributed by atoms with van der Waals surface area (Å²) in [5.74, 6) is -0.170. The molecule has 2 aromatic carbocycles. The van der Waals surface area contributed by atoms with E-state index in [1.165, 1.54) is 23.3 Å². The van der Waals surface area contributed by atoms with E-state index in [1.807, 2.05) is 30.3 Å². The first-order valence-corrected chi connectivity index (χ1v) is 9.90. The molecule has 5 heteroatoms. The molecule has 0 unspecified atom stereocenters. The van der Waals surface area contributed by atoms with E-state index in [4.69, 9.17) is 5.26 Å². The largest absolute Gasteiger partial charge is 0.361 e. The lowest BCUT2D eigenvalue weighted by atomic mass is 10.1. The van der Waals surface area contributed by atoms with Gasteiger partial charge < -0.3 is 14.8 Å². The Kier molecular flexibility index (Phi) is 5.70. The molecule has 3 aromatic rings. The van der Waals surface area contributed by atoms with Crippen molar-refractivity contribution in [3.63, 3.8) is 0 Å². The van der Waals surface area contributed by atoms with Gasteiger partial charge in [-0.3, -0.25) is 0 Å². The molecule has 0 atom stereocenters. The van der Waals surface area contributed by atoms with E-state index in [0.717, 1.165) is 63.0 Å². The van der Waals surface area contributed by atoms with Gasteiger partial charge in [0.1, 0.15) is 5.82 Å². The van der Waals surface area contributed by atoms with Gasteiger partial charge in [0.05, 0.1) is 11.6 Å². The standard InChI is InChI=1S/C23H25FN4/c24-21-4-1-18(2-5-21)7-9-27-11-13-28(14-12-27)10-8-20-17-26-23-6-3-19(16-25)15-22(20)23/h1-6,15,17,26H,7-14H2. The summed E-state index contributed by atoms with van der Waals surface area (Å²) in [6.45, 7) is 6.38. The minimum atomic E-state index is -0.170. The number of hydrogen-bond acceptors (Lipinski definition) is 3. The highest BCUT2D eigenvalue weighted by Gasteiger charge is 2.17. The first-order chi connectivity index (χ1) is 13.7. The molecule has 0 aliphatic carbocycles. The average Bonchev–Trinajstić information content (AvgIpc) is 3.14. The molecule has 0 amide bonds. The van der Waals surface area contributed by atoms with Gasteiger partial charge in [-0.15, -0.1) is 0 Å². The van der Waals surface area contributed by atoms with Crippen molar-refractivity contribution in [3.8, 4) is 6.07 Å². The van der Waals surface area contributed by atoms with Gasteiger partial charge in [0, 0.05) is 56.4 Å². The Hall–Kier alpha value is -2.68. The molecular formula is C23H25FN4. The lowest BCUT2D eigenvalue weighted by Gasteiger charge is -2.34. The molecule has 1 fully saturated rings. The SMILES string of the molecule is N#Cc1ccc2[nH]cc(CCN3CCN(CCc4ccc(F)cc4)CC3)c2c1. The van der Waals surface area contributed by atoms with Crippen molar-refractivity contribution in [1.82, 2.24) is 14.8 Å². The van der Waals surface area contributed by atoms with Crippen LogP contribution in [-0.4, -0.2) is 54.1 Å². The van der Waals surface area contributed by atoms with E-state index in [2.05, 4.69) is 27.0 Å². The molecule has 1 saturated heterocycles. The third-order valence-corrected chi connectivity index (χ3v) is 5.69. The maximum absolute atomic E-state index is 13.0. The van der Waals surface area contributed by atoms with Crippen molar-refractivity contribution in [2.24, 2.45) is 0 Å². The topological polar surface area (TPSA) is 46.1 Å². The average molecular weight is 376 g/mol. The van der Waals surface area contributed by atoms with Gasteiger partial charge >= 0.3 is 0 Å². The van der Waals surface area contributed by atoms with Crippen LogP contribution >= 0.6 is 0 Å². The zero-order chi connectivity index (χ0) is 19.3. The number of rotatable bonds is 6. The summed E-state index contributed by atoms with van der Waals surface area (Å²) >= 11 is 0. The van der Waals surface area contributed by atoms with E-state index >= 15 is 0 Å². The highest BCUT2D eigenvalue weighted by molar-refractivity contribution is 5.84. The van der Waals surface area contributed by atoms with Crippen LogP contribution < -0.4 is 0 Å². The van der Waals surface area contributed by atoms with E-state index in [9.17, 15) is 4.39 Å². The second-order valence-electron chi connectivity index (χ2n) is 7.50. The van der Waals surface area contributed by atoms with Crippen molar-refractivity contribution in [1.29, 1.82) is 5.26 Å². The molecule has 0 bridgehead atoms. The van der Waals surface area contributed by atoms with Gasteiger partial charge in [0.25, 0.3) is 0 Å². The van der Waals surface area contributed by atoms with Crippen LogP contribution in [0, 0.1) is 17.1 Å². The van der Waals surface area contributed by atoms with Crippen molar-refractivity contribution in [3.05, 3.63) is 71.2 Å². The summed E-state index contributed by atoms with van der Waals surface area (Å²) in [7, 11) is 0. The summed E-state index contributed by atoms with van der Waals surface area (Å²) in [5.41, 5.74) is 4.29. The van der Waals surface area contributed by atoms with Gasteiger partial charge in [0.15, 0.2) is 0 Å². The van der Waals surface area contributed by atoms with Gasteiger partial charge in [-0.25, -0.2) is 4.39 Å². The zero-order valence-corrected chi connectivity index (χ0v) is 16.0. The van der Waals surface area contributed by atoms with Crippen LogP contribution in [0.1, 0.15) is 16.7 Å². The van der Waals surface area contributed by atoms with Crippen molar-refractivity contribution >= 4 is 10.9 Å². The smallest absolute Gasteiger partial charge is 0.123 e. The summed E-state index contributed by atoms with van der Waals surface area (Å²) in [5, 5.41) is 10.3. The monoisotopic (exact) mass is 376 g/mol. The van der Waals surface area contributed by atoms with Gasteiger partial charge in [-0.2, -0.15) is 5.26 Å². The number of nitriles is 1. The van der Waals surface area contributed by atoms with Crippen molar-refractivity contribution in [2.75, 3.05) is 39.3 Å². The first-order valence-electron chi connectivity index (χ1n) is 9.90. The predicted octanol–water partition coefficient (Wildman–Crippen LogP) is 3.58. The molecule has 1 aromatic heterocycles. The van der Waals surface area contributed by atoms with Gasteiger partial charge in [-0.05, 0) is 54.3 Å². The van der Waals surface area contributed by atoms with Crippen molar-refractivity contribution < 1.29 is 4.39 Å². The predicted molar refractivity (Wildman–Crippen MR) is 110 cm³/mol. The zero-order valence-electron chi connectivity index (χ0n) is 16.0. The van der Waals surface area contributed by atoms with Gasteiger partial charge in [0.2, 0.25) is 0 Å². The number of halogens is 1. The van der Waals surface area contributed by atoms with E-state index in [1.54, 1.807) is 0 Å². The number of aromatic nitrogens is 1. The fourth-order valence-corrected chi connectivity index (χ4v) is 3.91. The minimum Gasteiger partial charge on any atom is -0.361 e. The number of nitrogens with zero attached hydrogens (tertiary/aromatic N) is 3. The molecule has 4 rings (SSSR count). The highest BCUT2D eigenvalue weighted by Crippen LogP contribution is 2.20. The Morgan fingerprint density at radius 2 is 1.61 bits per heavy atom. The maximum atomic E-state index is 13.0. The van der Waals surface area contributed by atoms with E-state index in [0.29, 0.717) is 5.56 Å². The number of aromatic amines is 1. The number of hydrogen-bond donors (Lipinski definition) is 1. The number of nitrogens with one attached hydrogen (secondary N) is 1. The van der Waals surface area contributed by atoms with Crippen LogP contribution in [0.25, 0.3) is 10.9 Å². The third-order valence-electron chi connectivity index (χ3n) is 5.69. The summed E-state index contributed by atoms with van der Waals surface area (Å²) in [4.78, 5) is 8.32. The van der Waals surface area contributed by atoms with Crippen LogP contribution in [-0.2, 0) is 12.8 Å². The number of benzene rings is 2. The molecule has 1 aliphatic rings. The first kappa shape index (κ1) is 18.7. The summed E-state index contributed by atoms with van der Waals surface area (Å²) in [6.07, 6.45) is 4.03. The number of H-pyrrole nitrogens is 1.